The summed E-state index contributed by atoms with van der Waals surface area (Å²) in [6.45, 7) is 4.57. The number of nitrogens with zero attached hydrogens (tertiary/aromatic N) is 6. The van der Waals surface area contributed by atoms with Crippen LogP contribution in [0.15, 0.2) is 23.8 Å². The summed E-state index contributed by atoms with van der Waals surface area (Å²) in [6, 6.07) is 4.23. The van der Waals surface area contributed by atoms with E-state index >= 15 is 0 Å². The van der Waals surface area contributed by atoms with Crippen LogP contribution in [0.2, 0.25) is 0 Å². The second-order valence-electron chi connectivity index (χ2n) is 5.55. The van der Waals surface area contributed by atoms with Crippen LogP contribution in [0.1, 0.15) is 4.88 Å². The van der Waals surface area contributed by atoms with E-state index < -0.39 is 12.1 Å². The monoisotopic (exact) mass is 406 g/mol. The Bertz CT molecular complexity index is 715. The van der Waals surface area contributed by atoms with Gasteiger partial charge in [-0.25, -0.2) is 9.48 Å². The molecule has 0 spiro atoms. The number of hydrogen-bond donors (Lipinski definition) is 1. The number of thiophene rings is 1. The fourth-order valence-corrected chi connectivity index (χ4v) is 3.02. The van der Waals surface area contributed by atoms with Crippen LogP contribution in [0.25, 0.3) is 0 Å². The summed E-state index contributed by atoms with van der Waals surface area (Å²) in [5, 5.41) is 20.0. The van der Waals surface area contributed by atoms with Crippen molar-refractivity contribution in [3.05, 3.63) is 28.7 Å². The first-order valence-electron chi connectivity index (χ1n) is 7.79. The maximum atomic E-state index is 12.1. The lowest BCUT2D eigenvalue weighted by Gasteiger charge is -2.34. The van der Waals surface area contributed by atoms with Crippen molar-refractivity contribution in [2.75, 3.05) is 26.2 Å². The molecule has 0 saturated carbocycles. The summed E-state index contributed by atoms with van der Waals surface area (Å²) in [5.74, 6) is -2.68. The smallest absolute Gasteiger partial charge is 0.475 e. The van der Waals surface area contributed by atoms with Crippen LogP contribution < -0.4 is 0 Å². The predicted molar refractivity (Wildman–Crippen MR) is 87.7 cm³/mol. The number of aliphatic carboxylic acids is 1. The van der Waals surface area contributed by atoms with Gasteiger partial charge in [0.25, 0.3) is 0 Å². The van der Waals surface area contributed by atoms with Gasteiger partial charge in [-0.15, -0.1) is 16.4 Å². The number of tetrazole rings is 1. The zero-order chi connectivity index (χ0) is 19.9. The average Bonchev–Trinajstić information content (AvgIpc) is 3.29. The van der Waals surface area contributed by atoms with Gasteiger partial charge in [-0.2, -0.15) is 13.2 Å². The zero-order valence-corrected chi connectivity index (χ0v) is 14.9. The molecular weight excluding hydrogens is 389 g/mol. The van der Waals surface area contributed by atoms with Gasteiger partial charge in [-0.05, 0) is 21.9 Å². The highest BCUT2D eigenvalue weighted by Gasteiger charge is 2.38. The molecule has 0 aromatic carbocycles. The molecule has 27 heavy (non-hydrogen) atoms. The highest BCUT2D eigenvalue weighted by atomic mass is 32.1. The van der Waals surface area contributed by atoms with Crippen molar-refractivity contribution in [1.29, 1.82) is 0 Å². The van der Waals surface area contributed by atoms with Crippen LogP contribution in [-0.2, 0) is 22.7 Å². The number of carboxylic acid groups (broad SMARTS) is 1. The summed E-state index contributed by atoms with van der Waals surface area (Å²) in [5.41, 5.74) is 0. The third-order valence-corrected chi connectivity index (χ3v) is 4.48. The van der Waals surface area contributed by atoms with Crippen LogP contribution in [0, 0.1) is 0 Å². The lowest BCUT2D eigenvalue weighted by molar-refractivity contribution is -0.192. The minimum Gasteiger partial charge on any atom is -0.475 e. The van der Waals surface area contributed by atoms with Crippen molar-refractivity contribution in [2.24, 2.45) is 0 Å². The van der Waals surface area contributed by atoms with Gasteiger partial charge in [0.1, 0.15) is 12.9 Å². The Balaban J connectivity index is 0.000000321. The topological polar surface area (TPSA) is 104 Å². The molecule has 1 aliphatic heterocycles. The van der Waals surface area contributed by atoms with Gasteiger partial charge in [0.15, 0.2) is 0 Å². The van der Waals surface area contributed by atoms with E-state index in [1.165, 1.54) is 15.9 Å². The van der Waals surface area contributed by atoms with Crippen molar-refractivity contribution >= 4 is 23.2 Å². The number of carbonyl (C=O) groups excluding carboxylic acids is 1. The van der Waals surface area contributed by atoms with E-state index in [-0.39, 0.29) is 12.5 Å². The molecule has 1 aliphatic rings. The molecule has 1 N–H and O–H groups in total. The predicted octanol–water partition coefficient (Wildman–Crippen LogP) is 0.712. The van der Waals surface area contributed by atoms with E-state index in [9.17, 15) is 18.0 Å². The summed E-state index contributed by atoms with van der Waals surface area (Å²) < 4.78 is 33.2. The SMILES string of the molecule is O=C(Cn1cnnn1)N1CCN(Cc2cccs2)CC1.O=C(O)C(F)(F)F. The molecule has 1 amide bonds. The number of alkyl halides is 3. The lowest BCUT2D eigenvalue weighted by atomic mass is 10.3. The summed E-state index contributed by atoms with van der Waals surface area (Å²) in [4.78, 5) is 26.6. The zero-order valence-electron chi connectivity index (χ0n) is 14.0. The van der Waals surface area contributed by atoms with Crippen molar-refractivity contribution in [2.45, 2.75) is 19.3 Å². The maximum Gasteiger partial charge on any atom is 0.490 e. The molecule has 13 heteroatoms. The van der Waals surface area contributed by atoms with E-state index in [1.807, 2.05) is 4.90 Å². The maximum absolute atomic E-state index is 12.1. The minimum atomic E-state index is -5.08. The molecule has 1 saturated heterocycles. The molecule has 0 unspecified atom stereocenters. The van der Waals surface area contributed by atoms with Crippen LogP contribution in [0.5, 0.6) is 0 Å². The molecular formula is C14H17F3N6O3S. The second-order valence-corrected chi connectivity index (χ2v) is 6.58. The number of carboxylic acids is 1. The fraction of sp³-hybridized carbons (Fsp3) is 0.500. The van der Waals surface area contributed by atoms with Crippen LogP contribution >= 0.6 is 11.3 Å². The van der Waals surface area contributed by atoms with Gasteiger partial charge < -0.3 is 10.0 Å². The molecule has 0 bridgehead atoms. The molecule has 9 nitrogen and oxygen atoms in total. The van der Waals surface area contributed by atoms with Crippen LogP contribution in [-0.4, -0.2) is 79.3 Å². The number of rotatable bonds is 4. The number of carbonyl (C=O) groups is 2. The van der Waals surface area contributed by atoms with Crippen LogP contribution in [0.3, 0.4) is 0 Å². The summed E-state index contributed by atoms with van der Waals surface area (Å²) in [7, 11) is 0. The Morgan fingerprint density at radius 2 is 1.89 bits per heavy atom. The number of aromatic nitrogens is 4. The second kappa shape index (κ2) is 9.41. The van der Waals surface area contributed by atoms with Crippen molar-refractivity contribution in [3.8, 4) is 0 Å². The van der Waals surface area contributed by atoms with E-state index in [4.69, 9.17) is 9.90 Å². The van der Waals surface area contributed by atoms with Gasteiger partial charge in [0.05, 0.1) is 0 Å². The Labute approximate surface area is 156 Å². The quantitative estimate of drug-likeness (QED) is 0.798. The molecule has 0 aliphatic carbocycles. The van der Waals surface area contributed by atoms with Crippen LogP contribution in [0.4, 0.5) is 13.2 Å². The normalized spacial score (nSPS) is 15.1. The number of amides is 1. The van der Waals surface area contributed by atoms with E-state index in [2.05, 4.69) is 37.9 Å². The first-order valence-corrected chi connectivity index (χ1v) is 8.67. The third kappa shape index (κ3) is 6.94. The van der Waals surface area contributed by atoms with E-state index in [0.29, 0.717) is 0 Å². The molecule has 3 heterocycles. The van der Waals surface area contributed by atoms with Gasteiger partial charge in [0.2, 0.25) is 5.91 Å². The number of piperazine rings is 1. The lowest BCUT2D eigenvalue weighted by Crippen LogP contribution is -2.49. The average molecular weight is 406 g/mol. The minimum absolute atomic E-state index is 0.0769. The Kier molecular flexibility index (Phi) is 7.24. The first kappa shape index (κ1) is 20.8. The third-order valence-electron chi connectivity index (χ3n) is 3.62. The van der Waals surface area contributed by atoms with Crippen molar-refractivity contribution < 1.29 is 27.9 Å². The Morgan fingerprint density at radius 3 is 2.37 bits per heavy atom. The van der Waals surface area contributed by atoms with Gasteiger partial charge >= 0.3 is 12.1 Å². The van der Waals surface area contributed by atoms with E-state index in [1.54, 1.807) is 11.3 Å². The molecule has 2 aromatic rings. The molecule has 3 rings (SSSR count). The van der Waals surface area contributed by atoms with Gasteiger partial charge in [-0.1, -0.05) is 6.07 Å². The molecule has 0 radical (unpaired) electrons. The fourth-order valence-electron chi connectivity index (χ4n) is 2.27. The summed E-state index contributed by atoms with van der Waals surface area (Å²) >= 11 is 1.78. The largest absolute Gasteiger partial charge is 0.490 e. The molecule has 2 aromatic heterocycles. The molecule has 148 valence electrons. The standard InChI is InChI=1S/C12H16N6OS.C2HF3O2/c19-12(9-18-10-13-14-15-18)17-5-3-16(4-6-17)8-11-2-1-7-20-11;3-2(4,5)1(6)7/h1-2,7,10H,3-6,8-9H2;(H,6,7). The van der Waals surface area contributed by atoms with Gasteiger partial charge in [0, 0.05) is 37.6 Å². The van der Waals surface area contributed by atoms with Crippen molar-refractivity contribution in [3.63, 3.8) is 0 Å². The summed E-state index contributed by atoms with van der Waals surface area (Å²) in [6.07, 6.45) is -3.62. The Morgan fingerprint density at radius 1 is 1.22 bits per heavy atom. The number of halogens is 3. The molecule has 0 atom stereocenters. The number of hydrogen-bond acceptors (Lipinski definition) is 7. The molecule has 1 fully saturated rings. The highest BCUT2D eigenvalue weighted by Crippen LogP contribution is 2.14. The highest BCUT2D eigenvalue weighted by molar-refractivity contribution is 7.09. The Hall–Kier alpha value is -2.54. The first-order chi connectivity index (χ1) is 12.8. The van der Waals surface area contributed by atoms with E-state index in [0.717, 1.165) is 32.7 Å². The van der Waals surface area contributed by atoms with Gasteiger partial charge in [-0.3, -0.25) is 9.69 Å². The van der Waals surface area contributed by atoms with Crippen molar-refractivity contribution in [1.82, 2.24) is 30.0 Å².